The van der Waals surface area contributed by atoms with Gasteiger partial charge in [0, 0.05) is 11.6 Å². The van der Waals surface area contributed by atoms with Crippen LogP contribution in [0.15, 0.2) is 59.1 Å². The number of pyridine rings is 1. The van der Waals surface area contributed by atoms with Gasteiger partial charge in [-0.15, -0.1) is 0 Å². The Morgan fingerprint density at radius 3 is 2.37 bits per heavy atom. The summed E-state index contributed by atoms with van der Waals surface area (Å²) in [7, 11) is 4.33. The molecule has 1 saturated carbocycles. The van der Waals surface area contributed by atoms with Crippen LogP contribution in [0.25, 0.3) is 0 Å². The molecule has 3 aromatic rings. The highest BCUT2D eigenvalue weighted by atomic mass is 16.6. The predicted octanol–water partition coefficient (Wildman–Crippen LogP) is 3.86. The highest BCUT2D eigenvalue weighted by molar-refractivity contribution is 5.50. The number of oxazole rings is 1. The van der Waals surface area contributed by atoms with Crippen LogP contribution >= 0.6 is 0 Å². The highest BCUT2D eigenvalue weighted by Crippen LogP contribution is 2.43. The Labute approximate surface area is 206 Å². The molecule has 8 heteroatoms. The van der Waals surface area contributed by atoms with Gasteiger partial charge in [0.05, 0.1) is 26.0 Å². The van der Waals surface area contributed by atoms with Gasteiger partial charge in [-0.3, -0.25) is 4.98 Å². The number of hydrogen-bond donors (Lipinski definition) is 2. The van der Waals surface area contributed by atoms with Crippen LogP contribution in [-0.4, -0.2) is 44.9 Å². The Morgan fingerprint density at radius 1 is 1.09 bits per heavy atom. The standard InChI is InChI=1S/C26H34N3O2.CH2O3/c1-20-11-10-16-23(28-20)18-29(2,3)19-24-17-27-25(31-24)26(30,21-12-6-4-7-13-21)22-14-8-5-9-15-22;2-1(3)4/h4,6-7,10-13,16-17,22,30H,5,8-9,14-15,18-19H2,1-3H3;(H2,2,3,4)/q+1;/p-1/t26-;/m0./s1. The van der Waals surface area contributed by atoms with Crippen LogP contribution in [0.2, 0.25) is 0 Å². The van der Waals surface area contributed by atoms with Gasteiger partial charge in [0.1, 0.15) is 13.1 Å². The van der Waals surface area contributed by atoms with Crippen LogP contribution in [-0.2, 0) is 18.7 Å². The topological polar surface area (TPSA) is 120 Å². The Kier molecular flexibility index (Phi) is 8.64. The first-order valence-corrected chi connectivity index (χ1v) is 12.0. The fourth-order valence-corrected chi connectivity index (χ4v) is 4.91. The molecule has 4 rings (SSSR count). The van der Waals surface area contributed by atoms with Crippen molar-refractivity contribution in [2.45, 2.75) is 57.7 Å². The van der Waals surface area contributed by atoms with E-state index in [-0.39, 0.29) is 5.92 Å². The molecule has 0 bridgehead atoms. The van der Waals surface area contributed by atoms with Gasteiger partial charge in [-0.2, -0.15) is 0 Å². The predicted molar refractivity (Wildman–Crippen MR) is 129 cm³/mol. The second-order valence-corrected chi connectivity index (χ2v) is 9.89. The number of quaternary nitrogens is 1. The summed E-state index contributed by atoms with van der Waals surface area (Å²) in [6.45, 7) is 3.49. The Hall–Kier alpha value is -3.23. The SMILES string of the molecule is Cc1cccc(C[N+](C)(C)Cc2cnc([C@](O)(c3ccccc3)C3CCCCC3)o2)n1.O=C([O-])O. The quantitative estimate of drug-likeness (QED) is 0.492. The lowest BCUT2D eigenvalue weighted by atomic mass is 9.73. The molecule has 8 nitrogen and oxygen atoms in total. The lowest BCUT2D eigenvalue weighted by molar-refractivity contribution is -0.918. The molecule has 0 amide bonds. The van der Waals surface area contributed by atoms with Gasteiger partial charge in [0.15, 0.2) is 11.4 Å². The van der Waals surface area contributed by atoms with Gasteiger partial charge in [-0.25, -0.2) is 4.98 Å². The molecule has 1 aromatic carbocycles. The Morgan fingerprint density at radius 2 is 1.74 bits per heavy atom. The van der Waals surface area contributed by atoms with E-state index in [1.165, 1.54) is 6.42 Å². The third-order valence-corrected chi connectivity index (χ3v) is 6.41. The van der Waals surface area contributed by atoms with Crippen LogP contribution in [0, 0.1) is 12.8 Å². The number of carboxylic acid groups (broad SMARTS) is 2. The zero-order valence-corrected chi connectivity index (χ0v) is 20.7. The molecule has 0 unspecified atom stereocenters. The number of aryl methyl sites for hydroxylation is 1. The number of aromatic nitrogens is 2. The third kappa shape index (κ3) is 7.13. The Balaban J connectivity index is 0.000000795. The van der Waals surface area contributed by atoms with E-state index in [1.807, 2.05) is 49.4 Å². The summed E-state index contributed by atoms with van der Waals surface area (Å²) in [5.74, 6) is 1.33. The van der Waals surface area contributed by atoms with Gasteiger partial charge in [-0.1, -0.05) is 55.7 Å². The second-order valence-electron chi connectivity index (χ2n) is 9.89. The number of hydrogen-bond acceptors (Lipinski definition) is 6. The molecule has 0 spiro atoms. The Bertz CT molecular complexity index is 1090. The molecule has 2 N–H and O–H groups in total. The molecule has 0 aliphatic heterocycles. The molecule has 188 valence electrons. The number of rotatable bonds is 7. The average molecular weight is 482 g/mol. The van der Waals surface area contributed by atoms with Crippen molar-refractivity contribution in [1.29, 1.82) is 0 Å². The van der Waals surface area contributed by atoms with E-state index in [0.717, 1.165) is 54.9 Å². The summed E-state index contributed by atoms with van der Waals surface area (Å²) in [6, 6.07) is 16.0. The van der Waals surface area contributed by atoms with Gasteiger partial charge in [-0.05, 0) is 37.5 Å². The van der Waals surface area contributed by atoms with E-state index in [9.17, 15) is 5.11 Å². The van der Waals surface area contributed by atoms with Crippen molar-refractivity contribution in [3.8, 4) is 0 Å². The van der Waals surface area contributed by atoms with Crippen molar-refractivity contribution in [2.75, 3.05) is 14.1 Å². The highest BCUT2D eigenvalue weighted by Gasteiger charge is 2.44. The van der Waals surface area contributed by atoms with Crippen molar-refractivity contribution in [2.24, 2.45) is 5.92 Å². The minimum atomic E-state index is -2.08. The van der Waals surface area contributed by atoms with E-state index in [2.05, 4.69) is 30.1 Å². The van der Waals surface area contributed by atoms with E-state index in [0.29, 0.717) is 16.9 Å². The van der Waals surface area contributed by atoms with Crippen molar-refractivity contribution in [3.63, 3.8) is 0 Å². The smallest absolute Gasteiger partial charge is 0.249 e. The molecule has 35 heavy (non-hydrogen) atoms. The summed E-state index contributed by atoms with van der Waals surface area (Å²) < 4.78 is 6.95. The van der Waals surface area contributed by atoms with Crippen LogP contribution in [0.1, 0.15) is 60.7 Å². The largest absolute Gasteiger partial charge is 0.565 e. The molecule has 0 radical (unpaired) electrons. The first-order valence-electron chi connectivity index (χ1n) is 12.0. The molecular weight excluding hydrogens is 446 g/mol. The molecule has 1 atom stereocenters. The molecule has 1 aliphatic carbocycles. The maximum atomic E-state index is 12.0. The first kappa shape index (κ1) is 26.4. The summed E-state index contributed by atoms with van der Waals surface area (Å²) in [5.41, 5.74) is 1.77. The van der Waals surface area contributed by atoms with Crippen molar-refractivity contribution in [1.82, 2.24) is 9.97 Å². The van der Waals surface area contributed by atoms with Crippen LogP contribution in [0.4, 0.5) is 4.79 Å². The fourth-order valence-electron chi connectivity index (χ4n) is 4.91. The van der Waals surface area contributed by atoms with Gasteiger partial charge < -0.3 is 29.0 Å². The van der Waals surface area contributed by atoms with Crippen LogP contribution < -0.4 is 5.11 Å². The van der Waals surface area contributed by atoms with Crippen molar-refractivity contribution < 1.29 is 29.0 Å². The summed E-state index contributed by atoms with van der Waals surface area (Å²) >= 11 is 0. The minimum absolute atomic E-state index is 0.120. The van der Waals surface area contributed by atoms with E-state index < -0.39 is 11.8 Å². The number of nitrogens with zero attached hydrogens (tertiary/aromatic N) is 3. The molecule has 2 heterocycles. The van der Waals surface area contributed by atoms with E-state index in [1.54, 1.807) is 6.20 Å². The lowest BCUT2D eigenvalue weighted by Crippen LogP contribution is -2.38. The molecule has 2 aromatic heterocycles. The molecule has 1 aliphatic rings. The third-order valence-electron chi connectivity index (χ3n) is 6.41. The number of benzene rings is 1. The van der Waals surface area contributed by atoms with Gasteiger partial charge >= 0.3 is 0 Å². The molecular formula is C27H35N3O5. The van der Waals surface area contributed by atoms with E-state index in [4.69, 9.17) is 19.4 Å². The minimum Gasteiger partial charge on any atom is -0.565 e. The van der Waals surface area contributed by atoms with Gasteiger partial charge in [0.25, 0.3) is 0 Å². The zero-order chi connectivity index (χ0) is 25.5. The van der Waals surface area contributed by atoms with Crippen LogP contribution in [0.3, 0.4) is 0 Å². The van der Waals surface area contributed by atoms with Crippen molar-refractivity contribution in [3.05, 3.63) is 83.3 Å². The molecule has 1 fully saturated rings. The monoisotopic (exact) mass is 481 g/mol. The number of aliphatic hydroxyl groups is 1. The first-order chi connectivity index (χ1) is 16.6. The van der Waals surface area contributed by atoms with Crippen molar-refractivity contribution >= 4 is 6.16 Å². The fraction of sp³-hybridized carbons (Fsp3) is 0.444. The summed E-state index contributed by atoms with van der Waals surface area (Å²) in [5, 5.41) is 27.3. The van der Waals surface area contributed by atoms with E-state index >= 15 is 0 Å². The average Bonchev–Trinajstić information content (AvgIpc) is 3.27. The number of carbonyl (C=O) groups is 1. The maximum absolute atomic E-state index is 12.0. The van der Waals surface area contributed by atoms with Crippen LogP contribution in [0.5, 0.6) is 0 Å². The summed E-state index contributed by atoms with van der Waals surface area (Å²) in [4.78, 5) is 17.7. The second kappa shape index (κ2) is 11.5. The maximum Gasteiger partial charge on any atom is 0.249 e. The lowest BCUT2D eigenvalue weighted by Gasteiger charge is -2.36. The summed E-state index contributed by atoms with van der Waals surface area (Å²) in [6.07, 6.45) is 5.20. The normalized spacial score (nSPS) is 16.1. The molecule has 0 saturated heterocycles. The van der Waals surface area contributed by atoms with Gasteiger partial charge in [0.2, 0.25) is 12.0 Å². The zero-order valence-electron chi connectivity index (χ0n) is 20.7.